The van der Waals surface area contributed by atoms with Gasteiger partial charge in [0, 0.05) is 6.04 Å². The van der Waals surface area contributed by atoms with Crippen LogP contribution in [0.4, 0.5) is 0 Å². The summed E-state index contributed by atoms with van der Waals surface area (Å²) in [5.41, 5.74) is 0. The van der Waals surface area contributed by atoms with Crippen molar-refractivity contribution in [2.75, 3.05) is 26.7 Å². The minimum atomic E-state index is 0.894. The third-order valence-corrected chi connectivity index (χ3v) is 3.24. The van der Waals surface area contributed by atoms with E-state index in [1.807, 2.05) is 7.05 Å². The maximum absolute atomic E-state index is 3.23. The molecule has 84 valence electrons. The molecule has 1 saturated heterocycles. The minimum absolute atomic E-state index is 0.894. The van der Waals surface area contributed by atoms with Gasteiger partial charge in [-0.25, -0.2) is 0 Å². The van der Waals surface area contributed by atoms with Crippen LogP contribution in [0.3, 0.4) is 0 Å². The summed E-state index contributed by atoms with van der Waals surface area (Å²) in [7, 11) is 2.04. The van der Waals surface area contributed by atoms with Crippen molar-refractivity contribution < 1.29 is 0 Å². The van der Waals surface area contributed by atoms with Gasteiger partial charge < -0.3 is 10.2 Å². The highest BCUT2D eigenvalue weighted by atomic mass is 15.2. The standard InChI is InChI=1S/C12H26N2/c1-3-7-12-8-4-5-10-14(12)11-6-9-13-2/h12-13H,3-11H2,1-2H3. The summed E-state index contributed by atoms with van der Waals surface area (Å²) < 4.78 is 0. The maximum atomic E-state index is 3.23. The van der Waals surface area contributed by atoms with Gasteiger partial charge in [0.2, 0.25) is 0 Å². The Morgan fingerprint density at radius 3 is 2.93 bits per heavy atom. The molecular formula is C12H26N2. The van der Waals surface area contributed by atoms with E-state index in [9.17, 15) is 0 Å². The topological polar surface area (TPSA) is 15.3 Å². The number of piperidine rings is 1. The third kappa shape index (κ3) is 3.97. The van der Waals surface area contributed by atoms with E-state index in [0.717, 1.165) is 12.6 Å². The lowest BCUT2D eigenvalue weighted by atomic mass is 9.98. The lowest BCUT2D eigenvalue weighted by molar-refractivity contribution is 0.138. The van der Waals surface area contributed by atoms with Crippen LogP contribution in [-0.4, -0.2) is 37.6 Å². The SMILES string of the molecule is CCCC1CCCCN1CCCNC. The number of likely N-dealkylation sites (tertiary alicyclic amines) is 1. The Kier molecular flexibility index (Phi) is 6.20. The van der Waals surface area contributed by atoms with E-state index in [0.29, 0.717) is 0 Å². The molecule has 2 heteroatoms. The van der Waals surface area contributed by atoms with Crippen molar-refractivity contribution in [3.63, 3.8) is 0 Å². The molecule has 0 spiro atoms. The zero-order valence-corrected chi connectivity index (χ0v) is 9.89. The van der Waals surface area contributed by atoms with Crippen molar-refractivity contribution in [3.8, 4) is 0 Å². The van der Waals surface area contributed by atoms with Gasteiger partial charge in [-0.15, -0.1) is 0 Å². The van der Waals surface area contributed by atoms with Crippen molar-refractivity contribution in [1.82, 2.24) is 10.2 Å². The van der Waals surface area contributed by atoms with E-state index in [1.54, 1.807) is 0 Å². The third-order valence-electron chi connectivity index (χ3n) is 3.24. The molecule has 2 nitrogen and oxygen atoms in total. The van der Waals surface area contributed by atoms with E-state index in [1.165, 1.54) is 51.6 Å². The molecule has 0 aromatic rings. The van der Waals surface area contributed by atoms with Gasteiger partial charge >= 0.3 is 0 Å². The van der Waals surface area contributed by atoms with Crippen molar-refractivity contribution in [1.29, 1.82) is 0 Å². The highest BCUT2D eigenvalue weighted by molar-refractivity contribution is 4.76. The molecule has 1 N–H and O–H groups in total. The molecule has 0 aromatic heterocycles. The molecule has 1 rings (SSSR count). The summed E-state index contributed by atoms with van der Waals surface area (Å²) in [5.74, 6) is 0. The second-order valence-corrected chi connectivity index (χ2v) is 4.43. The molecule has 1 heterocycles. The molecule has 1 unspecified atom stereocenters. The second-order valence-electron chi connectivity index (χ2n) is 4.43. The average Bonchev–Trinajstić information content (AvgIpc) is 2.21. The summed E-state index contributed by atoms with van der Waals surface area (Å²) >= 11 is 0. The number of rotatable bonds is 6. The van der Waals surface area contributed by atoms with Crippen LogP contribution in [0.1, 0.15) is 45.4 Å². The molecule has 0 bridgehead atoms. The molecular weight excluding hydrogens is 172 g/mol. The molecule has 1 aliphatic rings. The highest BCUT2D eigenvalue weighted by Gasteiger charge is 2.20. The smallest absolute Gasteiger partial charge is 0.00951 e. The first-order chi connectivity index (χ1) is 6.88. The van der Waals surface area contributed by atoms with Crippen LogP contribution >= 0.6 is 0 Å². The minimum Gasteiger partial charge on any atom is -0.320 e. The van der Waals surface area contributed by atoms with Gasteiger partial charge in [-0.05, 0) is 52.4 Å². The lowest BCUT2D eigenvalue weighted by Gasteiger charge is -2.35. The van der Waals surface area contributed by atoms with E-state index >= 15 is 0 Å². The number of nitrogens with zero attached hydrogens (tertiary/aromatic N) is 1. The Morgan fingerprint density at radius 2 is 2.21 bits per heavy atom. The average molecular weight is 198 g/mol. The summed E-state index contributed by atoms with van der Waals surface area (Å²) in [6.45, 7) is 6.11. The van der Waals surface area contributed by atoms with Crippen LogP contribution in [0.15, 0.2) is 0 Å². The molecule has 1 fully saturated rings. The van der Waals surface area contributed by atoms with Crippen molar-refractivity contribution in [3.05, 3.63) is 0 Å². The molecule has 0 saturated carbocycles. The van der Waals surface area contributed by atoms with E-state index in [2.05, 4.69) is 17.1 Å². The van der Waals surface area contributed by atoms with Gasteiger partial charge in [-0.3, -0.25) is 0 Å². The fourth-order valence-electron chi connectivity index (χ4n) is 2.47. The maximum Gasteiger partial charge on any atom is 0.00951 e. The van der Waals surface area contributed by atoms with Crippen molar-refractivity contribution >= 4 is 0 Å². The van der Waals surface area contributed by atoms with Crippen LogP contribution in [0.2, 0.25) is 0 Å². The van der Waals surface area contributed by atoms with E-state index < -0.39 is 0 Å². The van der Waals surface area contributed by atoms with E-state index in [-0.39, 0.29) is 0 Å². The largest absolute Gasteiger partial charge is 0.320 e. The van der Waals surface area contributed by atoms with Gasteiger partial charge in [-0.2, -0.15) is 0 Å². The summed E-state index contributed by atoms with van der Waals surface area (Å²) in [6.07, 6.45) is 8.35. The van der Waals surface area contributed by atoms with Gasteiger partial charge in [0.25, 0.3) is 0 Å². The normalized spacial score (nSPS) is 24.0. The predicted molar refractivity (Wildman–Crippen MR) is 62.7 cm³/mol. The highest BCUT2D eigenvalue weighted by Crippen LogP contribution is 2.20. The Morgan fingerprint density at radius 1 is 1.36 bits per heavy atom. The predicted octanol–water partition coefficient (Wildman–Crippen LogP) is 2.25. The fourth-order valence-corrected chi connectivity index (χ4v) is 2.47. The first kappa shape index (κ1) is 12.0. The van der Waals surface area contributed by atoms with Gasteiger partial charge in [0.05, 0.1) is 0 Å². The van der Waals surface area contributed by atoms with Crippen LogP contribution in [0.5, 0.6) is 0 Å². The quantitative estimate of drug-likeness (QED) is 0.659. The van der Waals surface area contributed by atoms with E-state index in [4.69, 9.17) is 0 Å². The molecule has 0 radical (unpaired) electrons. The zero-order chi connectivity index (χ0) is 10.2. The Bertz CT molecular complexity index is 134. The first-order valence-corrected chi connectivity index (χ1v) is 6.27. The first-order valence-electron chi connectivity index (χ1n) is 6.27. The fraction of sp³-hybridized carbons (Fsp3) is 1.00. The van der Waals surface area contributed by atoms with Gasteiger partial charge in [0.1, 0.15) is 0 Å². The van der Waals surface area contributed by atoms with Crippen LogP contribution in [-0.2, 0) is 0 Å². The molecule has 0 aliphatic carbocycles. The summed E-state index contributed by atoms with van der Waals surface area (Å²) in [5, 5.41) is 3.23. The number of hydrogen-bond acceptors (Lipinski definition) is 2. The number of hydrogen-bond donors (Lipinski definition) is 1. The Hall–Kier alpha value is -0.0800. The molecule has 1 atom stereocenters. The second kappa shape index (κ2) is 7.24. The van der Waals surface area contributed by atoms with Crippen molar-refractivity contribution in [2.24, 2.45) is 0 Å². The molecule has 1 aliphatic heterocycles. The molecule has 14 heavy (non-hydrogen) atoms. The lowest BCUT2D eigenvalue weighted by Crippen LogP contribution is -2.40. The Labute approximate surface area is 89.1 Å². The molecule has 0 aromatic carbocycles. The number of nitrogens with one attached hydrogen (secondary N) is 1. The zero-order valence-electron chi connectivity index (χ0n) is 9.89. The monoisotopic (exact) mass is 198 g/mol. The van der Waals surface area contributed by atoms with Crippen LogP contribution in [0, 0.1) is 0 Å². The summed E-state index contributed by atoms with van der Waals surface area (Å²) in [6, 6.07) is 0.894. The van der Waals surface area contributed by atoms with Gasteiger partial charge in [0.15, 0.2) is 0 Å². The molecule has 0 amide bonds. The Balaban J connectivity index is 2.22. The van der Waals surface area contributed by atoms with Crippen LogP contribution < -0.4 is 5.32 Å². The van der Waals surface area contributed by atoms with Crippen LogP contribution in [0.25, 0.3) is 0 Å². The van der Waals surface area contributed by atoms with Gasteiger partial charge in [-0.1, -0.05) is 19.8 Å². The summed E-state index contributed by atoms with van der Waals surface area (Å²) in [4.78, 5) is 2.71. The van der Waals surface area contributed by atoms with Crippen molar-refractivity contribution in [2.45, 2.75) is 51.5 Å².